The Bertz CT molecular complexity index is 790. The summed E-state index contributed by atoms with van der Waals surface area (Å²) in [5.41, 5.74) is 5.04. The molecule has 7 heteroatoms. The van der Waals surface area contributed by atoms with E-state index in [1.54, 1.807) is 6.08 Å². The molecule has 1 aromatic heterocycles. The standard InChI is InChI=1S/C19H20F3N3O/c1-4-15-16(12(3)23)10-14(25-17(15)11(2)19(20,21)22)6-5-9-24-18(26)13-7-8-13/h4-6,10,13H,1-3,7-9,23H2,(H,24,26)/b6-5+. The first-order valence-corrected chi connectivity index (χ1v) is 7.98. The number of carbonyl (C=O) groups excluding carboxylic acids is 1. The number of aromatic nitrogens is 1. The van der Waals surface area contributed by atoms with Crippen LogP contribution in [0, 0.1) is 5.92 Å². The van der Waals surface area contributed by atoms with E-state index in [2.05, 4.69) is 30.0 Å². The van der Waals surface area contributed by atoms with Crippen molar-refractivity contribution in [2.24, 2.45) is 11.7 Å². The number of nitrogens with one attached hydrogen (secondary N) is 1. The molecule has 1 heterocycles. The number of nitrogens with two attached hydrogens (primary N) is 1. The lowest BCUT2D eigenvalue weighted by atomic mass is 9.98. The van der Waals surface area contributed by atoms with Gasteiger partial charge >= 0.3 is 6.18 Å². The summed E-state index contributed by atoms with van der Waals surface area (Å²) in [6.45, 7) is 10.5. The van der Waals surface area contributed by atoms with Gasteiger partial charge in [-0.25, -0.2) is 4.98 Å². The fourth-order valence-corrected chi connectivity index (χ4v) is 2.33. The van der Waals surface area contributed by atoms with Gasteiger partial charge < -0.3 is 11.1 Å². The summed E-state index contributed by atoms with van der Waals surface area (Å²) in [5.74, 6) is 0.0639. The van der Waals surface area contributed by atoms with E-state index >= 15 is 0 Å². The molecule has 0 spiro atoms. The van der Waals surface area contributed by atoms with Gasteiger partial charge in [-0.15, -0.1) is 0 Å². The fraction of sp³-hybridized carbons (Fsp3) is 0.263. The fourth-order valence-electron chi connectivity index (χ4n) is 2.33. The molecule has 1 aliphatic rings. The molecule has 0 unspecified atom stereocenters. The van der Waals surface area contributed by atoms with Crippen molar-refractivity contribution in [3.63, 3.8) is 0 Å². The van der Waals surface area contributed by atoms with Crippen molar-refractivity contribution < 1.29 is 18.0 Å². The van der Waals surface area contributed by atoms with E-state index in [9.17, 15) is 18.0 Å². The topological polar surface area (TPSA) is 68.0 Å². The van der Waals surface area contributed by atoms with E-state index in [1.807, 2.05) is 0 Å². The zero-order valence-corrected chi connectivity index (χ0v) is 14.2. The van der Waals surface area contributed by atoms with Crippen molar-refractivity contribution in [2.45, 2.75) is 19.0 Å². The first kappa shape index (κ1) is 19.5. The van der Waals surface area contributed by atoms with E-state index in [4.69, 9.17) is 5.73 Å². The van der Waals surface area contributed by atoms with Crippen LogP contribution >= 0.6 is 0 Å². The minimum atomic E-state index is -4.64. The maximum Gasteiger partial charge on any atom is 0.417 e. The number of amides is 1. The molecular formula is C19H20F3N3O. The zero-order valence-electron chi connectivity index (χ0n) is 14.2. The second-order valence-electron chi connectivity index (χ2n) is 5.98. The maximum atomic E-state index is 13.1. The van der Waals surface area contributed by atoms with E-state index in [1.165, 1.54) is 18.2 Å². The van der Waals surface area contributed by atoms with Crippen molar-refractivity contribution in [2.75, 3.05) is 6.54 Å². The van der Waals surface area contributed by atoms with Crippen LogP contribution in [0.15, 0.2) is 31.9 Å². The highest BCUT2D eigenvalue weighted by atomic mass is 19.4. The van der Waals surface area contributed by atoms with Gasteiger partial charge in [0, 0.05) is 29.3 Å². The second-order valence-corrected chi connectivity index (χ2v) is 5.98. The van der Waals surface area contributed by atoms with Gasteiger partial charge in [0.05, 0.1) is 17.0 Å². The van der Waals surface area contributed by atoms with Crippen molar-refractivity contribution in [1.29, 1.82) is 0 Å². The van der Waals surface area contributed by atoms with Gasteiger partial charge in [0.25, 0.3) is 0 Å². The Balaban J connectivity index is 2.32. The number of hydrogen-bond donors (Lipinski definition) is 2. The van der Waals surface area contributed by atoms with Crippen LogP contribution in [0.3, 0.4) is 0 Å². The number of alkyl halides is 3. The molecule has 0 aromatic carbocycles. The number of allylic oxidation sites excluding steroid dienone is 1. The van der Waals surface area contributed by atoms with Gasteiger partial charge in [-0.2, -0.15) is 13.2 Å². The van der Waals surface area contributed by atoms with Crippen LogP contribution in [0.25, 0.3) is 23.4 Å². The summed E-state index contributed by atoms with van der Waals surface area (Å²) in [5, 5.41) is 2.73. The summed E-state index contributed by atoms with van der Waals surface area (Å²) < 4.78 is 39.3. The largest absolute Gasteiger partial charge is 0.417 e. The van der Waals surface area contributed by atoms with Crippen molar-refractivity contribution in [3.05, 3.63) is 54.4 Å². The average molecular weight is 363 g/mol. The van der Waals surface area contributed by atoms with Crippen molar-refractivity contribution in [1.82, 2.24) is 10.3 Å². The summed E-state index contributed by atoms with van der Waals surface area (Å²) in [6, 6.07) is 1.52. The summed E-state index contributed by atoms with van der Waals surface area (Å²) in [7, 11) is 0. The molecule has 138 valence electrons. The molecule has 26 heavy (non-hydrogen) atoms. The highest BCUT2D eigenvalue weighted by Gasteiger charge is 2.35. The minimum Gasteiger partial charge on any atom is -0.399 e. The van der Waals surface area contributed by atoms with Crippen LogP contribution in [-0.2, 0) is 4.79 Å². The first-order chi connectivity index (χ1) is 12.1. The van der Waals surface area contributed by atoms with E-state index < -0.39 is 11.7 Å². The van der Waals surface area contributed by atoms with Gasteiger partial charge in [0.1, 0.15) is 0 Å². The molecule has 0 atom stereocenters. The van der Waals surface area contributed by atoms with Crippen LogP contribution in [-0.4, -0.2) is 23.6 Å². The van der Waals surface area contributed by atoms with Crippen LogP contribution in [0.2, 0.25) is 0 Å². The number of nitrogens with zero attached hydrogens (tertiary/aromatic N) is 1. The minimum absolute atomic E-state index is 0.0215. The molecule has 0 radical (unpaired) electrons. The first-order valence-electron chi connectivity index (χ1n) is 7.98. The number of carbonyl (C=O) groups is 1. The highest BCUT2D eigenvalue weighted by Crippen LogP contribution is 2.35. The lowest BCUT2D eigenvalue weighted by molar-refractivity contribution is -0.122. The summed E-state index contributed by atoms with van der Waals surface area (Å²) >= 11 is 0. The second kappa shape index (κ2) is 7.59. The molecule has 0 aliphatic heterocycles. The number of rotatable bonds is 7. The molecule has 1 amide bonds. The molecule has 2 rings (SSSR count). The number of halogens is 3. The number of pyridine rings is 1. The Morgan fingerprint density at radius 3 is 2.54 bits per heavy atom. The van der Waals surface area contributed by atoms with Crippen LogP contribution in [0.1, 0.15) is 35.4 Å². The molecule has 1 saturated carbocycles. The lowest BCUT2D eigenvalue weighted by Crippen LogP contribution is -2.24. The predicted octanol–water partition coefficient (Wildman–Crippen LogP) is 3.77. The summed E-state index contributed by atoms with van der Waals surface area (Å²) in [4.78, 5) is 15.6. The van der Waals surface area contributed by atoms with Gasteiger partial charge in [0.15, 0.2) is 0 Å². The molecule has 1 aliphatic carbocycles. The highest BCUT2D eigenvalue weighted by molar-refractivity contribution is 5.82. The Hall–Kier alpha value is -2.83. The van der Waals surface area contributed by atoms with Gasteiger partial charge in [0.2, 0.25) is 5.91 Å². The Kier molecular flexibility index (Phi) is 5.69. The molecule has 1 aromatic rings. The lowest BCUT2D eigenvalue weighted by Gasteiger charge is -2.16. The third-order valence-electron chi connectivity index (χ3n) is 3.89. The third-order valence-corrected chi connectivity index (χ3v) is 3.89. The monoisotopic (exact) mass is 363 g/mol. The normalized spacial score (nSPS) is 14.3. The third kappa shape index (κ3) is 4.62. The quantitative estimate of drug-likeness (QED) is 0.775. The molecular weight excluding hydrogens is 343 g/mol. The molecule has 0 saturated heterocycles. The van der Waals surface area contributed by atoms with E-state index in [-0.39, 0.29) is 41.0 Å². The van der Waals surface area contributed by atoms with Crippen LogP contribution in [0.5, 0.6) is 0 Å². The SMILES string of the molecule is C=Cc1c(C(=C)N)cc(/C=C/CNC(=O)C2CC2)nc1C(=C)C(F)(F)F. The van der Waals surface area contributed by atoms with Gasteiger partial charge in [-0.3, -0.25) is 4.79 Å². The average Bonchev–Trinajstić information content (AvgIpc) is 3.41. The smallest absolute Gasteiger partial charge is 0.399 e. The van der Waals surface area contributed by atoms with Crippen LogP contribution < -0.4 is 11.1 Å². The molecule has 3 N–H and O–H groups in total. The van der Waals surface area contributed by atoms with Gasteiger partial charge in [-0.05, 0) is 25.0 Å². The number of hydrogen-bond acceptors (Lipinski definition) is 3. The molecule has 0 bridgehead atoms. The van der Waals surface area contributed by atoms with Crippen molar-refractivity contribution in [3.8, 4) is 0 Å². The maximum absolute atomic E-state index is 13.1. The summed E-state index contributed by atoms with van der Waals surface area (Å²) in [6.07, 6.45) is 1.52. The Labute approximate surface area is 150 Å². The Morgan fingerprint density at radius 1 is 1.38 bits per heavy atom. The van der Waals surface area contributed by atoms with Crippen LogP contribution in [0.4, 0.5) is 13.2 Å². The zero-order chi connectivity index (χ0) is 19.5. The molecule has 4 nitrogen and oxygen atoms in total. The molecule has 1 fully saturated rings. The predicted molar refractivity (Wildman–Crippen MR) is 97.4 cm³/mol. The van der Waals surface area contributed by atoms with E-state index in [0.717, 1.165) is 12.8 Å². The van der Waals surface area contributed by atoms with Gasteiger partial charge in [-0.1, -0.05) is 31.9 Å². The Morgan fingerprint density at radius 2 is 2.04 bits per heavy atom. The van der Waals surface area contributed by atoms with E-state index in [0.29, 0.717) is 5.56 Å². The van der Waals surface area contributed by atoms with Crippen molar-refractivity contribution >= 4 is 29.3 Å².